The summed E-state index contributed by atoms with van der Waals surface area (Å²) in [6, 6.07) is 10.4. The molecule has 1 unspecified atom stereocenters. The third-order valence-electron chi connectivity index (χ3n) is 5.13. The monoisotopic (exact) mass is 420 g/mol. The van der Waals surface area contributed by atoms with Gasteiger partial charge in [-0.15, -0.1) is 11.3 Å². The number of hydrogen-bond donors (Lipinski definition) is 1. The maximum atomic E-state index is 13.2. The van der Waals surface area contributed by atoms with E-state index in [4.69, 9.17) is 0 Å². The highest BCUT2D eigenvalue weighted by Crippen LogP contribution is 2.31. The van der Waals surface area contributed by atoms with Crippen LogP contribution < -0.4 is 5.32 Å². The highest BCUT2D eigenvalue weighted by Gasteiger charge is 2.40. The van der Waals surface area contributed by atoms with Crippen LogP contribution in [-0.2, 0) is 27.8 Å². The largest absolute Gasteiger partial charge is 0.352 e. The molecule has 0 aliphatic carbocycles. The van der Waals surface area contributed by atoms with E-state index in [1.807, 2.05) is 31.2 Å². The summed E-state index contributed by atoms with van der Waals surface area (Å²) in [7, 11) is -3.73. The van der Waals surface area contributed by atoms with Gasteiger partial charge in [0.25, 0.3) is 10.0 Å². The topological polar surface area (TPSA) is 66.5 Å². The molecule has 0 saturated carbocycles. The van der Waals surface area contributed by atoms with Gasteiger partial charge in [0.05, 0.1) is 0 Å². The molecule has 0 spiro atoms. The Bertz CT molecular complexity index is 907. The number of sulfonamides is 1. The number of nitrogens with one attached hydrogen (secondary N) is 1. The van der Waals surface area contributed by atoms with Crippen molar-refractivity contribution in [1.29, 1.82) is 0 Å². The molecule has 1 aliphatic heterocycles. The zero-order valence-corrected chi connectivity index (χ0v) is 18.2. The summed E-state index contributed by atoms with van der Waals surface area (Å²) in [5.74, 6) is 0.350. The molecule has 1 aliphatic rings. The number of thiophene rings is 1. The summed E-state index contributed by atoms with van der Waals surface area (Å²) in [5.41, 5.74) is 2.00. The Labute approximate surface area is 171 Å². The number of carbonyl (C=O) groups is 1. The molecule has 0 radical (unpaired) electrons. The molecule has 2 aromatic rings. The summed E-state index contributed by atoms with van der Waals surface area (Å²) in [5, 5.41) is 4.79. The Hall–Kier alpha value is -1.70. The van der Waals surface area contributed by atoms with Crippen LogP contribution in [0, 0.1) is 5.92 Å². The Morgan fingerprint density at radius 1 is 1.14 bits per heavy atom. The van der Waals surface area contributed by atoms with Gasteiger partial charge in [0.15, 0.2) is 0 Å². The van der Waals surface area contributed by atoms with E-state index >= 15 is 0 Å². The van der Waals surface area contributed by atoms with Crippen LogP contribution in [0.4, 0.5) is 0 Å². The molecule has 0 saturated heterocycles. The van der Waals surface area contributed by atoms with Crippen molar-refractivity contribution in [1.82, 2.24) is 9.62 Å². The first kappa shape index (κ1) is 21.0. The fourth-order valence-corrected chi connectivity index (χ4v) is 6.18. The maximum absolute atomic E-state index is 13.2. The van der Waals surface area contributed by atoms with Gasteiger partial charge in [0.1, 0.15) is 10.3 Å². The minimum absolute atomic E-state index is 0.0124. The molecule has 1 amide bonds. The normalized spacial score (nSPS) is 18.6. The second-order valence-corrected chi connectivity index (χ2v) is 10.9. The second-order valence-electron chi connectivity index (χ2n) is 7.85. The number of rotatable bonds is 7. The van der Waals surface area contributed by atoms with Crippen LogP contribution in [0.5, 0.6) is 0 Å². The number of hydrogen-bond acceptors (Lipinski definition) is 4. The van der Waals surface area contributed by atoms with Gasteiger partial charge in [-0.2, -0.15) is 4.31 Å². The number of carbonyl (C=O) groups excluding carboxylic acids is 1. The first-order chi connectivity index (χ1) is 13.3. The fourth-order valence-electron chi connectivity index (χ4n) is 3.50. The molecule has 7 heteroatoms. The first-order valence-corrected chi connectivity index (χ1v) is 12.0. The van der Waals surface area contributed by atoms with Crippen molar-refractivity contribution < 1.29 is 13.2 Å². The fraction of sp³-hybridized carbons (Fsp3) is 0.476. The molecule has 1 N–H and O–H groups in total. The summed E-state index contributed by atoms with van der Waals surface area (Å²) in [6.07, 6.45) is 2.29. The Morgan fingerprint density at radius 2 is 1.86 bits per heavy atom. The number of amides is 1. The molecule has 0 bridgehead atoms. The van der Waals surface area contributed by atoms with Crippen LogP contribution in [0.2, 0.25) is 0 Å². The SMILES string of the molecule is CC(C)CCC(C)NC(=O)[C@@H]1Cc2ccccc2CN1S(=O)(=O)c1cccs1. The van der Waals surface area contributed by atoms with Crippen LogP contribution in [0.15, 0.2) is 46.0 Å². The van der Waals surface area contributed by atoms with E-state index in [0.717, 1.165) is 24.0 Å². The van der Waals surface area contributed by atoms with Crippen LogP contribution in [0.25, 0.3) is 0 Å². The van der Waals surface area contributed by atoms with Crippen LogP contribution in [-0.4, -0.2) is 30.7 Å². The predicted octanol–water partition coefficient (Wildman–Crippen LogP) is 3.80. The highest BCUT2D eigenvalue weighted by molar-refractivity contribution is 7.91. The Balaban J connectivity index is 1.86. The van der Waals surface area contributed by atoms with E-state index in [1.54, 1.807) is 17.5 Å². The quantitative estimate of drug-likeness (QED) is 0.741. The summed E-state index contributed by atoms with van der Waals surface area (Å²) >= 11 is 1.18. The molecule has 1 aromatic carbocycles. The van der Waals surface area contributed by atoms with Crippen molar-refractivity contribution in [3.63, 3.8) is 0 Å². The van der Waals surface area contributed by atoms with Gasteiger partial charge in [-0.25, -0.2) is 8.42 Å². The molecule has 152 valence electrons. The molecule has 2 heterocycles. The molecular formula is C21H28N2O3S2. The lowest BCUT2D eigenvalue weighted by Crippen LogP contribution is -2.53. The summed E-state index contributed by atoms with van der Waals surface area (Å²) in [4.78, 5) is 13.1. The van der Waals surface area contributed by atoms with Crippen molar-refractivity contribution in [2.24, 2.45) is 5.92 Å². The number of benzene rings is 1. The van der Waals surface area contributed by atoms with E-state index < -0.39 is 16.1 Å². The molecule has 1 aromatic heterocycles. The summed E-state index contributed by atoms with van der Waals surface area (Å²) < 4.78 is 28.1. The van der Waals surface area contributed by atoms with Gasteiger partial charge >= 0.3 is 0 Å². The van der Waals surface area contributed by atoms with Gasteiger partial charge in [-0.1, -0.05) is 44.2 Å². The lowest BCUT2D eigenvalue weighted by Gasteiger charge is -2.35. The third kappa shape index (κ3) is 4.64. The second kappa shape index (κ2) is 8.76. The smallest absolute Gasteiger partial charge is 0.253 e. The average Bonchev–Trinajstić information content (AvgIpc) is 3.21. The number of fused-ring (bicyclic) bond motifs is 1. The van der Waals surface area contributed by atoms with Crippen molar-refractivity contribution in [3.8, 4) is 0 Å². The van der Waals surface area contributed by atoms with E-state index in [1.165, 1.54) is 15.6 Å². The maximum Gasteiger partial charge on any atom is 0.253 e. The Morgan fingerprint density at radius 3 is 2.50 bits per heavy atom. The van der Waals surface area contributed by atoms with E-state index in [-0.39, 0.29) is 22.7 Å². The zero-order valence-electron chi connectivity index (χ0n) is 16.6. The van der Waals surface area contributed by atoms with Gasteiger partial charge in [0.2, 0.25) is 5.91 Å². The minimum atomic E-state index is -3.73. The number of nitrogens with zero attached hydrogens (tertiary/aromatic N) is 1. The third-order valence-corrected chi connectivity index (χ3v) is 8.36. The molecule has 28 heavy (non-hydrogen) atoms. The predicted molar refractivity (Wildman–Crippen MR) is 113 cm³/mol. The standard InChI is InChI=1S/C21H28N2O3S2/c1-15(2)10-11-16(3)22-21(24)19-13-17-7-4-5-8-18(17)14-23(19)28(25,26)20-9-6-12-27-20/h4-9,12,15-16,19H,10-11,13-14H2,1-3H3,(H,22,24)/t16?,19-/m0/s1. The Kier molecular flexibility index (Phi) is 6.58. The van der Waals surface area contributed by atoms with Crippen molar-refractivity contribution in [2.45, 2.75) is 62.9 Å². The van der Waals surface area contributed by atoms with Crippen LogP contribution in [0.3, 0.4) is 0 Å². The van der Waals surface area contributed by atoms with Crippen LogP contribution in [0.1, 0.15) is 44.7 Å². The van der Waals surface area contributed by atoms with Gasteiger partial charge in [-0.3, -0.25) is 4.79 Å². The molecule has 2 atom stereocenters. The van der Waals surface area contributed by atoms with Crippen molar-refractivity contribution in [2.75, 3.05) is 0 Å². The highest BCUT2D eigenvalue weighted by atomic mass is 32.2. The van der Waals surface area contributed by atoms with Gasteiger partial charge < -0.3 is 5.32 Å². The molecular weight excluding hydrogens is 392 g/mol. The molecule has 5 nitrogen and oxygen atoms in total. The lowest BCUT2D eigenvalue weighted by molar-refractivity contribution is -0.125. The molecule has 3 rings (SSSR count). The molecule has 0 fully saturated rings. The average molecular weight is 421 g/mol. The first-order valence-electron chi connectivity index (χ1n) is 9.71. The zero-order chi connectivity index (χ0) is 20.3. The lowest BCUT2D eigenvalue weighted by atomic mass is 9.95. The summed E-state index contributed by atoms with van der Waals surface area (Å²) in [6.45, 7) is 6.51. The van der Waals surface area contributed by atoms with E-state index in [9.17, 15) is 13.2 Å². The van der Waals surface area contributed by atoms with Crippen molar-refractivity contribution >= 4 is 27.3 Å². The van der Waals surface area contributed by atoms with E-state index in [2.05, 4.69) is 19.2 Å². The van der Waals surface area contributed by atoms with E-state index in [0.29, 0.717) is 12.3 Å². The van der Waals surface area contributed by atoms with Crippen LogP contribution >= 0.6 is 11.3 Å². The minimum Gasteiger partial charge on any atom is -0.352 e. The van der Waals surface area contributed by atoms with Gasteiger partial charge in [0, 0.05) is 12.6 Å². The van der Waals surface area contributed by atoms with Gasteiger partial charge in [-0.05, 0) is 54.7 Å². The van der Waals surface area contributed by atoms with Crippen molar-refractivity contribution in [3.05, 3.63) is 52.9 Å².